The van der Waals surface area contributed by atoms with Gasteiger partial charge < -0.3 is 9.72 Å². The van der Waals surface area contributed by atoms with Crippen molar-refractivity contribution in [1.29, 1.82) is 0 Å². The van der Waals surface area contributed by atoms with Gasteiger partial charge in [0.15, 0.2) is 0 Å². The number of rotatable bonds is 5. The summed E-state index contributed by atoms with van der Waals surface area (Å²) in [5.41, 5.74) is 2.22. The summed E-state index contributed by atoms with van der Waals surface area (Å²) in [6.45, 7) is 0.625. The summed E-state index contributed by atoms with van der Waals surface area (Å²) in [5, 5.41) is 0. The minimum absolute atomic E-state index is 0.625. The van der Waals surface area contributed by atoms with Crippen molar-refractivity contribution in [3.8, 4) is 17.1 Å². The SMILES string of the molecule is Brc1ccccc1CCOc1ccccc1-c1ncc[nH]1. The first kappa shape index (κ1) is 13.9. The molecule has 0 saturated heterocycles. The maximum Gasteiger partial charge on any atom is 0.141 e. The Morgan fingerprint density at radius 3 is 2.67 bits per heavy atom. The highest BCUT2D eigenvalue weighted by Gasteiger charge is 2.07. The van der Waals surface area contributed by atoms with Crippen molar-refractivity contribution >= 4 is 15.9 Å². The minimum Gasteiger partial charge on any atom is -0.492 e. The van der Waals surface area contributed by atoms with Gasteiger partial charge in [-0.2, -0.15) is 0 Å². The minimum atomic E-state index is 0.625. The van der Waals surface area contributed by atoms with Crippen molar-refractivity contribution in [3.05, 3.63) is 71.0 Å². The molecular weight excluding hydrogens is 328 g/mol. The van der Waals surface area contributed by atoms with Crippen LogP contribution in [0, 0.1) is 0 Å². The van der Waals surface area contributed by atoms with Gasteiger partial charge in [-0.25, -0.2) is 4.98 Å². The highest BCUT2D eigenvalue weighted by Crippen LogP contribution is 2.27. The van der Waals surface area contributed by atoms with Gasteiger partial charge in [0, 0.05) is 23.3 Å². The molecule has 0 spiro atoms. The molecule has 0 amide bonds. The number of aromatic nitrogens is 2. The van der Waals surface area contributed by atoms with E-state index < -0.39 is 0 Å². The van der Waals surface area contributed by atoms with E-state index in [2.05, 4.69) is 32.0 Å². The maximum atomic E-state index is 5.94. The van der Waals surface area contributed by atoms with Crippen LogP contribution >= 0.6 is 15.9 Å². The van der Waals surface area contributed by atoms with Crippen LogP contribution in [-0.4, -0.2) is 16.6 Å². The van der Waals surface area contributed by atoms with Crippen LogP contribution in [0.5, 0.6) is 5.75 Å². The molecule has 0 fully saturated rings. The summed E-state index contributed by atoms with van der Waals surface area (Å²) in [7, 11) is 0. The molecule has 1 heterocycles. The monoisotopic (exact) mass is 342 g/mol. The smallest absolute Gasteiger partial charge is 0.141 e. The third-order valence-corrected chi connectivity index (χ3v) is 4.00. The van der Waals surface area contributed by atoms with Gasteiger partial charge in [0.05, 0.1) is 12.2 Å². The fraction of sp³-hybridized carbons (Fsp3) is 0.118. The molecule has 0 atom stereocenters. The number of hydrogen-bond acceptors (Lipinski definition) is 2. The molecule has 0 aliphatic carbocycles. The van der Waals surface area contributed by atoms with Crippen LogP contribution in [0.4, 0.5) is 0 Å². The largest absolute Gasteiger partial charge is 0.492 e. The standard InChI is InChI=1S/C17H15BrN2O/c18-15-7-3-1-5-13(15)9-12-21-16-8-4-2-6-14(16)17-19-10-11-20-17/h1-8,10-11H,9,12H2,(H,19,20). The van der Waals surface area contributed by atoms with Crippen LogP contribution in [0.15, 0.2) is 65.4 Å². The highest BCUT2D eigenvalue weighted by molar-refractivity contribution is 9.10. The van der Waals surface area contributed by atoms with Crippen molar-refractivity contribution < 1.29 is 4.74 Å². The predicted octanol–water partition coefficient (Wildman–Crippen LogP) is 4.46. The normalized spacial score (nSPS) is 10.5. The average Bonchev–Trinajstić information content (AvgIpc) is 3.04. The molecule has 2 aromatic carbocycles. The zero-order valence-corrected chi connectivity index (χ0v) is 13.0. The van der Waals surface area contributed by atoms with Crippen LogP contribution in [-0.2, 0) is 6.42 Å². The van der Waals surface area contributed by atoms with E-state index in [1.807, 2.05) is 48.7 Å². The van der Waals surface area contributed by atoms with E-state index in [9.17, 15) is 0 Å². The van der Waals surface area contributed by atoms with Crippen LogP contribution in [0.3, 0.4) is 0 Å². The van der Waals surface area contributed by atoms with Crippen molar-refractivity contribution in [3.63, 3.8) is 0 Å². The third kappa shape index (κ3) is 3.34. The Morgan fingerprint density at radius 2 is 1.86 bits per heavy atom. The van der Waals surface area contributed by atoms with Crippen molar-refractivity contribution in [2.45, 2.75) is 6.42 Å². The number of ether oxygens (including phenoxy) is 1. The van der Waals surface area contributed by atoms with Crippen molar-refractivity contribution in [2.75, 3.05) is 6.61 Å². The lowest BCUT2D eigenvalue weighted by molar-refractivity contribution is 0.323. The molecule has 3 aromatic rings. The van der Waals surface area contributed by atoms with Gasteiger partial charge in [0.1, 0.15) is 11.6 Å². The van der Waals surface area contributed by atoms with Gasteiger partial charge in [-0.1, -0.05) is 46.3 Å². The number of nitrogens with one attached hydrogen (secondary N) is 1. The first-order valence-electron chi connectivity index (χ1n) is 6.79. The first-order valence-corrected chi connectivity index (χ1v) is 7.59. The topological polar surface area (TPSA) is 37.9 Å². The van der Waals surface area contributed by atoms with Gasteiger partial charge in [0.25, 0.3) is 0 Å². The molecule has 106 valence electrons. The van der Waals surface area contributed by atoms with E-state index in [1.54, 1.807) is 6.20 Å². The van der Waals surface area contributed by atoms with Crippen LogP contribution < -0.4 is 4.74 Å². The van der Waals surface area contributed by atoms with Gasteiger partial charge in [-0.15, -0.1) is 0 Å². The number of hydrogen-bond donors (Lipinski definition) is 1. The van der Waals surface area contributed by atoms with Crippen molar-refractivity contribution in [1.82, 2.24) is 9.97 Å². The lowest BCUT2D eigenvalue weighted by atomic mass is 10.1. The molecule has 0 unspecified atom stereocenters. The lowest BCUT2D eigenvalue weighted by Gasteiger charge is -2.10. The fourth-order valence-corrected chi connectivity index (χ4v) is 2.66. The number of aromatic amines is 1. The molecular formula is C17H15BrN2O. The summed E-state index contributed by atoms with van der Waals surface area (Å²) in [6, 6.07) is 16.1. The molecule has 0 saturated carbocycles. The molecule has 1 N–H and O–H groups in total. The number of imidazole rings is 1. The van der Waals surface area contributed by atoms with E-state index in [0.29, 0.717) is 6.61 Å². The van der Waals surface area contributed by atoms with Crippen LogP contribution in [0.1, 0.15) is 5.56 Å². The quantitative estimate of drug-likeness (QED) is 0.743. The van der Waals surface area contributed by atoms with Gasteiger partial charge >= 0.3 is 0 Å². The lowest BCUT2D eigenvalue weighted by Crippen LogP contribution is -2.03. The van der Waals surface area contributed by atoms with Crippen LogP contribution in [0.25, 0.3) is 11.4 Å². The molecule has 3 nitrogen and oxygen atoms in total. The summed E-state index contributed by atoms with van der Waals surface area (Å²) in [6.07, 6.45) is 4.41. The molecule has 4 heteroatoms. The Labute approximate surface area is 132 Å². The number of benzene rings is 2. The third-order valence-electron chi connectivity index (χ3n) is 3.23. The zero-order chi connectivity index (χ0) is 14.5. The first-order chi connectivity index (χ1) is 10.3. The van der Waals surface area contributed by atoms with Gasteiger partial charge in [0.2, 0.25) is 0 Å². The van der Waals surface area contributed by atoms with Crippen molar-refractivity contribution in [2.24, 2.45) is 0 Å². The Kier molecular flexibility index (Phi) is 4.36. The second-order valence-corrected chi connectivity index (χ2v) is 5.48. The Morgan fingerprint density at radius 1 is 1.05 bits per heavy atom. The van der Waals surface area contributed by atoms with Gasteiger partial charge in [-0.05, 0) is 23.8 Å². The number of halogens is 1. The van der Waals surface area contributed by atoms with E-state index in [1.165, 1.54) is 5.56 Å². The van der Waals surface area contributed by atoms with E-state index in [-0.39, 0.29) is 0 Å². The molecule has 3 rings (SSSR count). The maximum absolute atomic E-state index is 5.94. The predicted molar refractivity (Wildman–Crippen MR) is 87.4 cm³/mol. The summed E-state index contributed by atoms with van der Waals surface area (Å²) >= 11 is 3.56. The Balaban J connectivity index is 1.70. The summed E-state index contributed by atoms with van der Waals surface area (Å²) in [4.78, 5) is 7.40. The van der Waals surface area contributed by atoms with Crippen LogP contribution in [0.2, 0.25) is 0 Å². The number of nitrogens with zero attached hydrogens (tertiary/aromatic N) is 1. The molecule has 0 bridgehead atoms. The zero-order valence-electron chi connectivity index (χ0n) is 11.4. The second kappa shape index (κ2) is 6.59. The van der Waals surface area contributed by atoms with E-state index in [4.69, 9.17) is 4.74 Å². The fourth-order valence-electron chi connectivity index (χ4n) is 2.17. The Hall–Kier alpha value is -2.07. The molecule has 1 aromatic heterocycles. The average molecular weight is 343 g/mol. The van der Waals surface area contributed by atoms with Gasteiger partial charge in [-0.3, -0.25) is 0 Å². The summed E-state index contributed by atoms with van der Waals surface area (Å²) in [5.74, 6) is 1.67. The molecule has 21 heavy (non-hydrogen) atoms. The molecule has 0 aliphatic heterocycles. The second-order valence-electron chi connectivity index (χ2n) is 4.62. The number of H-pyrrole nitrogens is 1. The van der Waals surface area contributed by atoms with E-state index in [0.717, 1.165) is 28.0 Å². The highest BCUT2D eigenvalue weighted by atomic mass is 79.9. The summed E-state index contributed by atoms with van der Waals surface area (Å²) < 4.78 is 7.06. The molecule has 0 aliphatic rings. The molecule has 0 radical (unpaired) electrons. The Bertz CT molecular complexity index is 710. The van der Waals surface area contributed by atoms with E-state index >= 15 is 0 Å². The number of para-hydroxylation sites is 1.